The molecule has 20 heavy (non-hydrogen) atoms. The summed E-state index contributed by atoms with van der Waals surface area (Å²) in [6.07, 6.45) is 9.34. The van der Waals surface area contributed by atoms with Crippen LogP contribution in [0.3, 0.4) is 0 Å². The Hall–Kier alpha value is -1.31. The molecule has 1 aromatic carbocycles. The highest BCUT2D eigenvalue weighted by molar-refractivity contribution is 5.86. The van der Waals surface area contributed by atoms with E-state index in [-0.39, 0.29) is 0 Å². The molecule has 2 aliphatic carbocycles. The van der Waals surface area contributed by atoms with E-state index in [0.29, 0.717) is 12.0 Å². The van der Waals surface area contributed by atoms with Gasteiger partial charge < -0.3 is 5.32 Å². The number of nitrogens with zero attached hydrogens (tertiary/aromatic N) is 1. The monoisotopic (exact) mass is 268 g/mol. The van der Waals surface area contributed by atoms with Crippen molar-refractivity contribution in [3.63, 3.8) is 0 Å². The molecule has 4 fully saturated rings. The zero-order valence-corrected chi connectivity index (χ0v) is 12.1. The van der Waals surface area contributed by atoms with Crippen LogP contribution in [0.2, 0.25) is 0 Å². The minimum absolute atomic E-state index is 0.513. The second-order valence-corrected chi connectivity index (χ2v) is 6.72. The zero-order chi connectivity index (χ0) is 13.4. The maximum atomic E-state index is 5.18. The first-order chi connectivity index (χ1) is 9.90. The van der Waals surface area contributed by atoms with Gasteiger partial charge in [0.1, 0.15) is 0 Å². The Morgan fingerprint density at radius 3 is 2.40 bits per heavy atom. The van der Waals surface area contributed by atoms with Gasteiger partial charge in [-0.25, -0.2) is 0 Å². The van der Waals surface area contributed by atoms with Gasteiger partial charge >= 0.3 is 0 Å². The number of amidine groups is 1. The van der Waals surface area contributed by atoms with Gasteiger partial charge in [0.25, 0.3) is 0 Å². The molecule has 0 radical (unpaired) electrons. The molecule has 2 bridgehead atoms. The summed E-state index contributed by atoms with van der Waals surface area (Å²) in [6.45, 7) is 0. The van der Waals surface area contributed by atoms with Crippen LogP contribution in [-0.2, 0) is 0 Å². The lowest BCUT2D eigenvalue weighted by Gasteiger charge is -2.39. The van der Waals surface area contributed by atoms with Gasteiger partial charge in [-0.15, -0.1) is 0 Å². The minimum Gasteiger partial charge on any atom is -0.371 e. The van der Waals surface area contributed by atoms with E-state index in [2.05, 4.69) is 35.6 Å². The summed E-state index contributed by atoms with van der Waals surface area (Å²) in [5.41, 5.74) is 1.49. The van der Waals surface area contributed by atoms with E-state index < -0.39 is 0 Å². The SMILES string of the molecule is c1ccc([C@@H]2CCC[C@@H]2N=C2NC3CCC2CC3)cc1. The summed E-state index contributed by atoms with van der Waals surface area (Å²) >= 11 is 0. The number of hydrogen-bond acceptors (Lipinski definition) is 1. The first kappa shape index (κ1) is 12.4. The van der Waals surface area contributed by atoms with Gasteiger partial charge in [0, 0.05) is 17.9 Å². The predicted molar refractivity (Wildman–Crippen MR) is 83.1 cm³/mol. The Morgan fingerprint density at radius 2 is 1.70 bits per heavy atom. The molecule has 5 rings (SSSR count). The molecule has 0 amide bonds. The molecule has 2 heterocycles. The summed E-state index contributed by atoms with van der Waals surface area (Å²) in [5, 5.41) is 3.70. The van der Waals surface area contributed by atoms with Crippen molar-refractivity contribution in [1.82, 2.24) is 5.32 Å². The lowest BCUT2D eigenvalue weighted by Crippen LogP contribution is -2.49. The highest BCUT2D eigenvalue weighted by atomic mass is 15.1. The van der Waals surface area contributed by atoms with Crippen molar-refractivity contribution in [2.75, 3.05) is 0 Å². The Morgan fingerprint density at radius 1 is 0.900 bits per heavy atom. The molecule has 2 heteroatoms. The van der Waals surface area contributed by atoms with Crippen LogP contribution < -0.4 is 5.32 Å². The van der Waals surface area contributed by atoms with Gasteiger partial charge in [-0.05, 0) is 44.1 Å². The third kappa shape index (κ3) is 2.25. The van der Waals surface area contributed by atoms with Crippen LogP contribution in [0.5, 0.6) is 0 Å². The fraction of sp³-hybridized carbons (Fsp3) is 0.611. The first-order valence-corrected chi connectivity index (χ1v) is 8.29. The van der Waals surface area contributed by atoms with Gasteiger partial charge in [-0.2, -0.15) is 0 Å². The molecular weight excluding hydrogens is 244 g/mol. The Balaban J connectivity index is 1.56. The summed E-state index contributed by atoms with van der Waals surface area (Å²) in [5.74, 6) is 2.73. The molecule has 0 spiro atoms. The van der Waals surface area contributed by atoms with E-state index in [0.717, 1.165) is 12.0 Å². The van der Waals surface area contributed by atoms with Crippen LogP contribution in [-0.4, -0.2) is 17.9 Å². The third-order valence-corrected chi connectivity index (χ3v) is 5.48. The van der Waals surface area contributed by atoms with Gasteiger partial charge in [0.2, 0.25) is 0 Å². The molecule has 4 aliphatic rings. The van der Waals surface area contributed by atoms with Crippen molar-refractivity contribution in [3.8, 4) is 0 Å². The molecule has 1 N–H and O–H groups in total. The standard InChI is InChI=1S/C18H24N2/c1-2-5-13(6-3-1)16-7-4-8-17(16)20-18-14-9-11-15(19-18)12-10-14/h1-3,5-6,14-17H,4,7-12H2,(H,19,20)/t14?,15?,16-,17-/m0/s1. The highest BCUT2D eigenvalue weighted by Gasteiger charge is 2.34. The minimum atomic E-state index is 0.513. The highest BCUT2D eigenvalue weighted by Crippen LogP contribution is 2.38. The fourth-order valence-electron chi connectivity index (χ4n) is 4.34. The van der Waals surface area contributed by atoms with Crippen LogP contribution in [0, 0.1) is 5.92 Å². The van der Waals surface area contributed by atoms with Crippen LogP contribution in [0.25, 0.3) is 0 Å². The molecule has 2 nitrogen and oxygen atoms in total. The molecular formula is C18H24N2. The van der Waals surface area contributed by atoms with Crippen molar-refractivity contribution in [3.05, 3.63) is 35.9 Å². The van der Waals surface area contributed by atoms with Crippen molar-refractivity contribution in [2.24, 2.45) is 10.9 Å². The molecule has 1 aromatic rings. The van der Waals surface area contributed by atoms with E-state index in [9.17, 15) is 0 Å². The Bertz CT molecular complexity index is 485. The van der Waals surface area contributed by atoms with Crippen molar-refractivity contribution in [1.29, 1.82) is 0 Å². The molecule has 2 aliphatic heterocycles. The van der Waals surface area contributed by atoms with E-state index in [4.69, 9.17) is 4.99 Å². The quantitative estimate of drug-likeness (QED) is 0.864. The molecule has 2 saturated heterocycles. The van der Waals surface area contributed by atoms with Crippen LogP contribution >= 0.6 is 0 Å². The van der Waals surface area contributed by atoms with Crippen LogP contribution in [0.15, 0.2) is 35.3 Å². The Kier molecular flexibility index (Phi) is 3.25. The smallest absolute Gasteiger partial charge is 0.1000 e. The van der Waals surface area contributed by atoms with Gasteiger partial charge in [-0.3, -0.25) is 4.99 Å². The summed E-state index contributed by atoms with van der Waals surface area (Å²) < 4.78 is 0. The number of aliphatic imine (C=N–C) groups is 1. The van der Waals surface area contributed by atoms with Crippen molar-refractivity contribution < 1.29 is 0 Å². The normalized spacial score (nSPS) is 38.1. The maximum Gasteiger partial charge on any atom is 0.1000 e. The molecule has 0 unspecified atom stereocenters. The Labute approximate surface area is 121 Å². The van der Waals surface area contributed by atoms with Gasteiger partial charge in [0.15, 0.2) is 0 Å². The lowest BCUT2D eigenvalue weighted by molar-refractivity contribution is 0.316. The largest absolute Gasteiger partial charge is 0.371 e. The molecule has 0 aromatic heterocycles. The number of hydrogen-bond donors (Lipinski definition) is 1. The summed E-state index contributed by atoms with van der Waals surface area (Å²) in [7, 11) is 0. The van der Waals surface area contributed by atoms with E-state index in [1.54, 1.807) is 0 Å². The van der Waals surface area contributed by atoms with Gasteiger partial charge in [-0.1, -0.05) is 36.8 Å². The molecule has 106 valence electrons. The topological polar surface area (TPSA) is 24.4 Å². The van der Waals surface area contributed by atoms with Crippen LogP contribution in [0.4, 0.5) is 0 Å². The number of piperidine rings is 2. The molecule has 2 atom stereocenters. The fourth-order valence-corrected chi connectivity index (χ4v) is 4.34. The number of rotatable bonds is 2. The first-order valence-electron chi connectivity index (χ1n) is 8.29. The average Bonchev–Trinajstić information content (AvgIpc) is 2.97. The number of benzene rings is 1. The lowest BCUT2D eigenvalue weighted by atomic mass is 9.80. The van der Waals surface area contributed by atoms with E-state index >= 15 is 0 Å². The number of fused-ring (bicyclic) bond motifs is 3. The second-order valence-electron chi connectivity index (χ2n) is 6.72. The average molecular weight is 268 g/mol. The summed E-state index contributed by atoms with van der Waals surface area (Å²) in [6, 6.07) is 12.2. The number of nitrogens with one attached hydrogen (secondary N) is 1. The van der Waals surface area contributed by atoms with Gasteiger partial charge in [0.05, 0.1) is 11.9 Å². The van der Waals surface area contributed by atoms with E-state index in [1.807, 2.05) is 0 Å². The third-order valence-electron chi connectivity index (χ3n) is 5.48. The summed E-state index contributed by atoms with van der Waals surface area (Å²) in [4.78, 5) is 5.18. The zero-order valence-electron chi connectivity index (χ0n) is 12.1. The van der Waals surface area contributed by atoms with Crippen molar-refractivity contribution >= 4 is 5.84 Å². The predicted octanol–water partition coefficient (Wildman–Crippen LogP) is 3.88. The van der Waals surface area contributed by atoms with E-state index in [1.165, 1.54) is 56.3 Å². The van der Waals surface area contributed by atoms with Crippen molar-refractivity contribution in [2.45, 2.75) is 62.9 Å². The maximum absolute atomic E-state index is 5.18. The second kappa shape index (κ2) is 5.23. The van der Waals surface area contributed by atoms with Crippen LogP contribution in [0.1, 0.15) is 56.4 Å². The molecule has 2 saturated carbocycles.